The number of hydrogen-bond donors (Lipinski definition) is 2. The minimum atomic E-state index is -3.80. The Kier molecular flexibility index (Phi) is 5.86. The van der Waals surface area contributed by atoms with Crippen molar-refractivity contribution in [3.63, 3.8) is 0 Å². The highest BCUT2D eigenvalue weighted by atomic mass is 32.2. The summed E-state index contributed by atoms with van der Waals surface area (Å²) >= 11 is 0. The third-order valence-corrected chi connectivity index (χ3v) is 7.08. The fourth-order valence-corrected chi connectivity index (χ4v) is 5.19. The lowest BCUT2D eigenvalue weighted by atomic mass is 9.84. The summed E-state index contributed by atoms with van der Waals surface area (Å²) in [6.07, 6.45) is -0.517. The van der Waals surface area contributed by atoms with E-state index in [1.807, 2.05) is 31.2 Å². The van der Waals surface area contributed by atoms with Crippen LogP contribution in [0.25, 0.3) is 0 Å². The molecular formula is C20H25NO5S. The summed E-state index contributed by atoms with van der Waals surface area (Å²) in [5.41, 5.74) is 1.86. The summed E-state index contributed by atoms with van der Waals surface area (Å²) in [4.78, 5) is 0.168. The monoisotopic (exact) mass is 391 g/mol. The Morgan fingerprint density at radius 1 is 1.11 bits per heavy atom. The van der Waals surface area contributed by atoms with Crippen molar-refractivity contribution < 1.29 is 23.4 Å². The van der Waals surface area contributed by atoms with Crippen molar-refractivity contribution in [3.05, 3.63) is 59.7 Å². The predicted molar refractivity (Wildman–Crippen MR) is 102 cm³/mol. The molecule has 0 aromatic heterocycles. The van der Waals surface area contributed by atoms with Gasteiger partial charge in [0.1, 0.15) is 5.75 Å². The third kappa shape index (κ3) is 4.01. The number of aliphatic hydroxyl groups excluding tert-OH is 2. The normalized spacial score (nSPS) is 23.9. The van der Waals surface area contributed by atoms with Gasteiger partial charge in [0, 0.05) is 18.5 Å². The van der Waals surface area contributed by atoms with E-state index in [2.05, 4.69) is 0 Å². The van der Waals surface area contributed by atoms with Crippen LogP contribution >= 0.6 is 0 Å². The van der Waals surface area contributed by atoms with Crippen LogP contribution in [-0.4, -0.2) is 55.3 Å². The number of piperidine rings is 1. The zero-order valence-electron chi connectivity index (χ0n) is 15.4. The largest absolute Gasteiger partial charge is 0.497 e. The van der Waals surface area contributed by atoms with E-state index in [0.717, 1.165) is 11.1 Å². The van der Waals surface area contributed by atoms with Gasteiger partial charge in [0.25, 0.3) is 0 Å². The van der Waals surface area contributed by atoms with Gasteiger partial charge in [-0.15, -0.1) is 0 Å². The Bertz CT molecular complexity index is 864. The highest BCUT2D eigenvalue weighted by Gasteiger charge is 2.41. The molecule has 0 radical (unpaired) electrons. The first kappa shape index (κ1) is 19.8. The first-order chi connectivity index (χ1) is 12.9. The van der Waals surface area contributed by atoms with Gasteiger partial charge < -0.3 is 14.9 Å². The van der Waals surface area contributed by atoms with Crippen LogP contribution in [-0.2, 0) is 10.0 Å². The van der Waals surface area contributed by atoms with Gasteiger partial charge in [-0.05, 0) is 43.2 Å². The van der Waals surface area contributed by atoms with Gasteiger partial charge in [0.15, 0.2) is 0 Å². The van der Waals surface area contributed by atoms with Crippen molar-refractivity contribution >= 4 is 10.0 Å². The van der Waals surface area contributed by atoms with Gasteiger partial charge in [-0.3, -0.25) is 0 Å². The van der Waals surface area contributed by atoms with Gasteiger partial charge in [-0.2, -0.15) is 4.31 Å². The highest BCUT2D eigenvalue weighted by molar-refractivity contribution is 7.89. The Balaban J connectivity index is 1.86. The topological polar surface area (TPSA) is 87.1 Å². The molecule has 3 unspecified atom stereocenters. The molecule has 2 aromatic rings. The number of aliphatic hydroxyl groups is 2. The molecule has 0 aliphatic carbocycles. The number of β-amino-alcohol motifs (C(OH)–C–C–N with tert-alkyl or cyclic N) is 1. The molecule has 1 aliphatic rings. The SMILES string of the molecule is COc1ccc(C2CC(CO)N(S(=O)(=O)c3ccc(C)cc3)CC2O)cc1. The number of hydrogen-bond acceptors (Lipinski definition) is 5. The minimum Gasteiger partial charge on any atom is -0.497 e. The summed E-state index contributed by atoms with van der Waals surface area (Å²) in [6, 6.07) is 13.4. The molecule has 3 atom stereocenters. The van der Waals surface area contributed by atoms with E-state index in [9.17, 15) is 18.6 Å². The van der Waals surface area contributed by atoms with Crippen LogP contribution < -0.4 is 4.74 Å². The van der Waals surface area contributed by atoms with E-state index in [4.69, 9.17) is 4.74 Å². The summed E-state index contributed by atoms with van der Waals surface area (Å²) < 4.78 is 32.4. The second kappa shape index (κ2) is 7.98. The van der Waals surface area contributed by atoms with Crippen molar-refractivity contribution in [1.29, 1.82) is 0 Å². The lowest BCUT2D eigenvalue weighted by Gasteiger charge is -2.40. The smallest absolute Gasteiger partial charge is 0.243 e. The maximum absolute atomic E-state index is 13.0. The number of nitrogens with zero attached hydrogens (tertiary/aromatic N) is 1. The molecular weight excluding hydrogens is 366 g/mol. The molecule has 6 nitrogen and oxygen atoms in total. The fourth-order valence-electron chi connectivity index (χ4n) is 3.54. The summed E-state index contributed by atoms with van der Waals surface area (Å²) in [6.45, 7) is 1.53. The Morgan fingerprint density at radius 3 is 2.30 bits per heavy atom. The summed E-state index contributed by atoms with van der Waals surface area (Å²) in [7, 11) is -2.21. The van der Waals surface area contributed by atoms with Crippen molar-refractivity contribution in [3.8, 4) is 5.75 Å². The van der Waals surface area contributed by atoms with Crippen molar-refractivity contribution in [2.24, 2.45) is 0 Å². The van der Waals surface area contributed by atoms with Crippen molar-refractivity contribution in [2.75, 3.05) is 20.3 Å². The molecule has 3 rings (SSSR count). The molecule has 1 aliphatic heterocycles. The van der Waals surface area contributed by atoms with Crippen LogP contribution in [0.15, 0.2) is 53.4 Å². The molecule has 0 spiro atoms. The number of methoxy groups -OCH3 is 1. The number of benzene rings is 2. The fraction of sp³-hybridized carbons (Fsp3) is 0.400. The second-order valence-corrected chi connectivity index (χ2v) is 8.80. The van der Waals surface area contributed by atoms with E-state index in [0.29, 0.717) is 12.2 Å². The Labute approximate surface area is 160 Å². The molecule has 2 N–H and O–H groups in total. The number of aryl methyl sites for hydroxylation is 1. The van der Waals surface area contributed by atoms with Crippen LogP contribution in [0, 0.1) is 6.92 Å². The third-order valence-electron chi connectivity index (χ3n) is 5.15. The second-order valence-electron chi connectivity index (χ2n) is 6.91. The maximum atomic E-state index is 13.0. The highest BCUT2D eigenvalue weighted by Crippen LogP contribution is 2.35. The maximum Gasteiger partial charge on any atom is 0.243 e. The standard InChI is InChI=1S/C20H25NO5S/c1-14-3-9-18(10-4-14)27(24,25)21-12-20(23)19(11-16(21)13-22)15-5-7-17(26-2)8-6-15/h3-10,16,19-20,22-23H,11-13H2,1-2H3. The molecule has 1 saturated heterocycles. The number of sulfonamides is 1. The predicted octanol–water partition coefficient (Wildman–Crippen LogP) is 1.90. The average Bonchev–Trinajstić information content (AvgIpc) is 2.68. The molecule has 0 amide bonds. The molecule has 1 heterocycles. The summed E-state index contributed by atoms with van der Waals surface area (Å²) in [5, 5.41) is 20.5. The molecule has 27 heavy (non-hydrogen) atoms. The zero-order chi connectivity index (χ0) is 19.6. The molecule has 7 heteroatoms. The first-order valence-electron chi connectivity index (χ1n) is 8.88. The molecule has 0 bridgehead atoms. The van der Waals surface area contributed by atoms with Gasteiger partial charge in [-0.25, -0.2) is 8.42 Å². The van der Waals surface area contributed by atoms with E-state index in [1.54, 1.807) is 31.4 Å². The van der Waals surface area contributed by atoms with Crippen molar-refractivity contribution in [2.45, 2.75) is 36.3 Å². The lowest BCUT2D eigenvalue weighted by Crippen LogP contribution is -2.52. The summed E-state index contributed by atoms with van der Waals surface area (Å²) in [5.74, 6) is 0.462. The number of rotatable bonds is 5. The van der Waals surface area contributed by atoms with Gasteiger partial charge in [0.2, 0.25) is 10.0 Å². The average molecular weight is 391 g/mol. The Hall–Kier alpha value is -1.93. The number of ether oxygens (including phenoxy) is 1. The van der Waals surface area contributed by atoms with Crippen LogP contribution in [0.1, 0.15) is 23.5 Å². The van der Waals surface area contributed by atoms with Crippen LogP contribution in [0.5, 0.6) is 5.75 Å². The Morgan fingerprint density at radius 2 is 1.74 bits per heavy atom. The van der Waals surface area contributed by atoms with Crippen LogP contribution in [0.3, 0.4) is 0 Å². The molecule has 0 saturated carbocycles. The quantitative estimate of drug-likeness (QED) is 0.813. The van der Waals surface area contributed by atoms with E-state index < -0.39 is 22.2 Å². The van der Waals surface area contributed by atoms with Gasteiger partial charge >= 0.3 is 0 Å². The van der Waals surface area contributed by atoms with E-state index in [-0.39, 0.29) is 24.0 Å². The molecule has 2 aromatic carbocycles. The van der Waals surface area contributed by atoms with Gasteiger partial charge in [-0.1, -0.05) is 29.8 Å². The molecule has 146 valence electrons. The van der Waals surface area contributed by atoms with Crippen LogP contribution in [0.2, 0.25) is 0 Å². The van der Waals surface area contributed by atoms with E-state index in [1.165, 1.54) is 4.31 Å². The zero-order valence-corrected chi connectivity index (χ0v) is 16.3. The van der Waals surface area contributed by atoms with Crippen LogP contribution in [0.4, 0.5) is 0 Å². The first-order valence-corrected chi connectivity index (χ1v) is 10.3. The lowest BCUT2D eigenvalue weighted by molar-refractivity contribution is 0.0405. The molecule has 1 fully saturated rings. The minimum absolute atomic E-state index is 0.0574. The van der Waals surface area contributed by atoms with Gasteiger partial charge in [0.05, 0.1) is 24.7 Å². The van der Waals surface area contributed by atoms with Crippen molar-refractivity contribution in [1.82, 2.24) is 4.31 Å². The van der Waals surface area contributed by atoms with E-state index >= 15 is 0 Å².